The summed E-state index contributed by atoms with van der Waals surface area (Å²) in [5, 5.41) is 0. The van der Waals surface area contributed by atoms with Gasteiger partial charge in [-0.05, 0) is 12.8 Å². The smallest absolute Gasteiger partial charge is 0.0951 e. The summed E-state index contributed by atoms with van der Waals surface area (Å²) in [7, 11) is -1.87. The molecule has 1 aliphatic rings. The maximum Gasteiger partial charge on any atom is 0.0951 e. The van der Waals surface area contributed by atoms with Gasteiger partial charge < -0.3 is 9.04 Å². The zero-order valence-corrected chi connectivity index (χ0v) is 19.8. The maximum atomic E-state index is 11.1. The summed E-state index contributed by atoms with van der Waals surface area (Å²) in [5.41, 5.74) is 0. The van der Waals surface area contributed by atoms with Crippen molar-refractivity contribution in [3.05, 3.63) is 0 Å². The van der Waals surface area contributed by atoms with Gasteiger partial charge in [-0.25, -0.2) is 8.42 Å². The molecule has 168 valence electrons. The topological polar surface area (TPSA) is 57.2 Å². The van der Waals surface area contributed by atoms with Crippen LogP contribution in [0.25, 0.3) is 0 Å². The first-order valence-electron chi connectivity index (χ1n) is 12.0. The molecule has 0 bridgehead atoms. The van der Waals surface area contributed by atoms with Crippen LogP contribution in [-0.4, -0.2) is 49.9 Å². The molecule has 0 spiro atoms. The minimum atomic E-state index is -4.10. The Hall–Kier alpha value is -0.130. The maximum absolute atomic E-state index is 11.1. The lowest BCUT2D eigenvalue weighted by Crippen LogP contribution is -2.43. The van der Waals surface area contributed by atoms with Gasteiger partial charge in [0.05, 0.1) is 36.8 Å². The molecule has 3 atom stereocenters. The highest BCUT2D eigenvalue weighted by molar-refractivity contribution is 7.85. The lowest BCUT2D eigenvalue weighted by molar-refractivity contribution is -0.900. The van der Waals surface area contributed by atoms with Crippen molar-refractivity contribution in [2.45, 2.75) is 104 Å². The first kappa shape index (κ1) is 25.9. The monoisotopic (exact) mass is 417 g/mol. The largest absolute Gasteiger partial charge is 0.748 e. The van der Waals surface area contributed by atoms with E-state index in [1.54, 1.807) is 0 Å². The number of hydrogen-bond acceptors (Lipinski definition) is 3. The van der Waals surface area contributed by atoms with E-state index in [1.807, 2.05) is 0 Å². The van der Waals surface area contributed by atoms with Gasteiger partial charge in [0.1, 0.15) is 0 Å². The normalized spacial score (nSPS) is 25.4. The second-order valence-electron chi connectivity index (χ2n) is 9.77. The zero-order valence-electron chi connectivity index (χ0n) is 19.0. The molecule has 0 saturated carbocycles. The lowest BCUT2D eigenvalue weighted by atomic mass is 10.0. The van der Waals surface area contributed by atoms with Gasteiger partial charge in [0.15, 0.2) is 0 Å². The van der Waals surface area contributed by atoms with Crippen molar-refractivity contribution >= 4 is 10.1 Å². The fraction of sp³-hybridized carbons (Fsp3) is 1.00. The second-order valence-corrected chi connectivity index (χ2v) is 11.2. The van der Waals surface area contributed by atoms with E-state index in [-0.39, 0.29) is 11.7 Å². The van der Waals surface area contributed by atoms with E-state index in [2.05, 4.69) is 20.9 Å². The van der Waals surface area contributed by atoms with Crippen LogP contribution in [0.5, 0.6) is 0 Å². The minimum absolute atomic E-state index is 0.0409. The molecule has 0 aromatic carbocycles. The zero-order chi connectivity index (χ0) is 20.9. The van der Waals surface area contributed by atoms with Gasteiger partial charge in [-0.3, -0.25) is 0 Å². The summed E-state index contributed by atoms with van der Waals surface area (Å²) in [6.45, 7) is 7.36. The Morgan fingerprint density at radius 2 is 1.21 bits per heavy atom. The standard InChI is InChI=1S/C23H47NO3S/c1-4-5-6-7-8-9-10-11-12-13-14-15-16-17-18-24(3)19-22(2)23(20-24)21-28(25,26)27/h22-23H,4-21H2,1-3H3. The highest BCUT2D eigenvalue weighted by atomic mass is 32.2. The third-order valence-corrected chi connectivity index (χ3v) is 7.51. The fourth-order valence-corrected chi connectivity index (χ4v) is 5.97. The summed E-state index contributed by atoms with van der Waals surface area (Å²) >= 11 is 0. The average Bonchev–Trinajstić information content (AvgIpc) is 2.87. The number of likely N-dealkylation sites (tertiary alicyclic amines) is 1. The van der Waals surface area contributed by atoms with Crippen molar-refractivity contribution in [2.75, 3.05) is 32.4 Å². The van der Waals surface area contributed by atoms with Crippen LogP contribution in [0.4, 0.5) is 0 Å². The summed E-state index contributed by atoms with van der Waals surface area (Å²) in [5.74, 6) is 0.195. The quantitative estimate of drug-likeness (QED) is 0.173. The average molecular weight is 418 g/mol. The highest BCUT2D eigenvalue weighted by Crippen LogP contribution is 2.29. The van der Waals surface area contributed by atoms with Gasteiger partial charge in [-0.15, -0.1) is 0 Å². The molecule has 5 heteroatoms. The van der Waals surface area contributed by atoms with Gasteiger partial charge in [-0.2, -0.15) is 0 Å². The molecular weight excluding hydrogens is 370 g/mol. The molecule has 1 saturated heterocycles. The number of hydrogen-bond donors (Lipinski definition) is 0. The molecule has 0 N–H and O–H groups in total. The number of quaternary nitrogens is 1. The molecule has 3 unspecified atom stereocenters. The molecule has 1 fully saturated rings. The van der Waals surface area contributed by atoms with Crippen LogP contribution in [-0.2, 0) is 10.1 Å². The summed E-state index contributed by atoms with van der Waals surface area (Å²) in [6.07, 6.45) is 19.2. The molecule has 28 heavy (non-hydrogen) atoms. The van der Waals surface area contributed by atoms with Crippen LogP contribution in [0, 0.1) is 11.8 Å². The molecule has 1 rings (SSSR count). The second kappa shape index (κ2) is 14.0. The van der Waals surface area contributed by atoms with Crippen molar-refractivity contribution < 1.29 is 17.5 Å². The van der Waals surface area contributed by atoms with E-state index >= 15 is 0 Å². The Morgan fingerprint density at radius 1 is 0.786 bits per heavy atom. The Labute approximate surface area is 175 Å². The molecule has 4 nitrogen and oxygen atoms in total. The van der Waals surface area contributed by atoms with E-state index in [1.165, 1.54) is 89.9 Å². The molecule has 0 aliphatic carbocycles. The Bertz CT molecular complexity index is 494. The number of nitrogens with zero attached hydrogens (tertiary/aromatic N) is 1. The van der Waals surface area contributed by atoms with E-state index < -0.39 is 10.1 Å². The van der Waals surface area contributed by atoms with Crippen LogP contribution < -0.4 is 0 Å². The minimum Gasteiger partial charge on any atom is -0.748 e. The third-order valence-electron chi connectivity index (χ3n) is 6.68. The summed E-state index contributed by atoms with van der Waals surface area (Å²) in [4.78, 5) is 0. The molecule has 1 heterocycles. The van der Waals surface area contributed by atoms with E-state index in [9.17, 15) is 13.0 Å². The van der Waals surface area contributed by atoms with Crippen LogP contribution in [0.3, 0.4) is 0 Å². The van der Waals surface area contributed by atoms with Crippen molar-refractivity contribution in [3.63, 3.8) is 0 Å². The molecule has 0 aromatic rings. The van der Waals surface area contributed by atoms with Crippen LogP contribution >= 0.6 is 0 Å². The van der Waals surface area contributed by atoms with Crippen molar-refractivity contribution in [1.29, 1.82) is 0 Å². The van der Waals surface area contributed by atoms with Crippen LogP contribution in [0.1, 0.15) is 104 Å². The Kier molecular flexibility index (Phi) is 12.9. The SMILES string of the molecule is CCCCCCCCCCCCCCCC[N+]1(C)CC(C)C(CS(=O)(=O)[O-])C1. The van der Waals surface area contributed by atoms with Gasteiger partial charge in [0, 0.05) is 17.6 Å². The molecular formula is C23H47NO3S. The lowest BCUT2D eigenvalue weighted by Gasteiger charge is -2.30. The van der Waals surface area contributed by atoms with E-state index in [0.717, 1.165) is 24.1 Å². The predicted octanol–water partition coefficient (Wildman–Crippen LogP) is 5.73. The first-order chi connectivity index (χ1) is 13.3. The predicted molar refractivity (Wildman–Crippen MR) is 118 cm³/mol. The van der Waals surface area contributed by atoms with Gasteiger partial charge >= 0.3 is 0 Å². The summed E-state index contributed by atoms with van der Waals surface area (Å²) < 4.78 is 34.2. The Balaban J connectivity index is 1.96. The highest BCUT2D eigenvalue weighted by Gasteiger charge is 2.40. The molecule has 0 radical (unpaired) electrons. The number of rotatable bonds is 17. The van der Waals surface area contributed by atoms with E-state index in [0.29, 0.717) is 5.92 Å². The van der Waals surface area contributed by atoms with Gasteiger partial charge in [-0.1, -0.05) is 90.9 Å². The fourth-order valence-electron chi connectivity index (χ4n) is 5.01. The first-order valence-corrected chi connectivity index (χ1v) is 13.6. The van der Waals surface area contributed by atoms with Gasteiger partial charge in [0.2, 0.25) is 0 Å². The van der Waals surface area contributed by atoms with E-state index in [4.69, 9.17) is 0 Å². The van der Waals surface area contributed by atoms with Crippen molar-refractivity contribution in [1.82, 2.24) is 0 Å². The van der Waals surface area contributed by atoms with Gasteiger partial charge in [0.25, 0.3) is 0 Å². The van der Waals surface area contributed by atoms with Crippen LogP contribution in [0.2, 0.25) is 0 Å². The molecule has 0 amide bonds. The molecule has 1 aliphatic heterocycles. The van der Waals surface area contributed by atoms with Crippen LogP contribution in [0.15, 0.2) is 0 Å². The number of unbranched alkanes of at least 4 members (excludes halogenated alkanes) is 13. The Morgan fingerprint density at radius 3 is 1.64 bits per heavy atom. The summed E-state index contributed by atoms with van der Waals surface area (Å²) in [6, 6.07) is 0. The molecule has 0 aromatic heterocycles. The van der Waals surface area contributed by atoms with Crippen molar-refractivity contribution in [2.24, 2.45) is 11.8 Å². The van der Waals surface area contributed by atoms with Crippen molar-refractivity contribution in [3.8, 4) is 0 Å². The third kappa shape index (κ3) is 12.4.